The molecule has 0 aliphatic heterocycles. The molecule has 2 aromatic heterocycles. The van der Waals surface area contributed by atoms with Gasteiger partial charge in [0.25, 0.3) is 0 Å². The number of halogens is 1. The summed E-state index contributed by atoms with van der Waals surface area (Å²) in [6, 6.07) is 8.87. The SMILES string of the molecule is Fc1ccccc1Sc1c[nH]c2ccsc12. The number of hydrogen-bond acceptors (Lipinski definition) is 2. The minimum absolute atomic E-state index is 0.168. The van der Waals surface area contributed by atoms with Crippen molar-refractivity contribution in [2.45, 2.75) is 9.79 Å². The maximum absolute atomic E-state index is 13.5. The van der Waals surface area contributed by atoms with Crippen LogP contribution in [0.15, 0.2) is 51.7 Å². The standard InChI is InChI=1S/C12H8FNS2/c13-8-3-1-2-4-10(8)16-11-7-14-9-5-6-15-12(9)11/h1-7,14H. The van der Waals surface area contributed by atoms with Crippen molar-refractivity contribution in [1.29, 1.82) is 0 Å². The molecule has 0 unspecified atom stereocenters. The van der Waals surface area contributed by atoms with Crippen molar-refractivity contribution < 1.29 is 4.39 Å². The summed E-state index contributed by atoms with van der Waals surface area (Å²) in [5.74, 6) is -0.168. The molecule has 0 atom stereocenters. The molecule has 0 aliphatic rings. The van der Waals surface area contributed by atoms with Crippen molar-refractivity contribution in [2.24, 2.45) is 0 Å². The summed E-state index contributed by atoms with van der Waals surface area (Å²) in [7, 11) is 0. The van der Waals surface area contributed by atoms with Gasteiger partial charge in [0, 0.05) is 16.0 Å². The summed E-state index contributed by atoms with van der Waals surface area (Å²) in [4.78, 5) is 4.92. The molecule has 1 nitrogen and oxygen atoms in total. The van der Waals surface area contributed by atoms with Gasteiger partial charge in [-0.3, -0.25) is 0 Å². The maximum Gasteiger partial charge on any atom is 0.137 e. The average Bonchev–Trinajstić information content (AvgIpc) is 2.86. The van der Waals surface area contributed by atoms with E-state index in [0.717, 1.165) is 10.4 Å². The number of H-pyrrole nitrogens is 1. The van der Waals surface area contributed by atoms with Crippen LogP contribution >= 0.6 is 23.1 Å². The molecule has 0 aliphatic carbocycles. The van der Waals surface area contributed by atoms with Crippen LogP contribution in [-0.4, -0.2) is 4.98 Å². The smallest absolute Gasteiger partial charge is 0.137 e. The lowest BCUT2D eigenvalue weighted by molar-refractivity contribution is 0.602. The van der Waals surface area contributed by atoms with E-state index in [9.17, 15) is 4.39 Å². The Labute approximate surface area is 100 Å². The normalized spacial score (nSPS) is 11.1. The van der Waals surface area contributed by atoms with Crippen molar-refractivity contribution in [3.8, 4) is 0 Å². The predicted molar refractivity (Wildman–Crippen MR) is 66.7 cm³/mol. The van der Waals surface area contributed by atoms with Gasteiger partial charge in [0.05, 0.1) is 10.2 Å². The third-order valence-electron chi connectivity index (χ3n) is 2.30. The predicted octanol–water partition coefficient (Wildman–Crippen LogP) is 4.52. The summed E-state index contributed by atoms with van der Waals surface area (Å²) < 4.78 is 14.7. The van der Waals surface area contributed by atoms with Crippen LogP contribution < -0.4 is 0 Å². The van der Waals surface area contributed by atoms with Crippen molar-refractivity contribution in [1.82, 2.24) is 4.98 Å². The Balaban J connectivity index is 2.02. The summed E-state index contributed by atoms with van der Waals surface area (Å²) in [5.41, 5.74) is 1.11. The quantitative estimate of drug-likeness (QED) is 0.706. The first-order valence-corrected chi connectivity index (χ1v) is 6.51. The second-order valence-electron chi connectivity index (χ2n) is 3.35. The summed E-state index contributed by atoms with van der Waals surface area (Å²) in [6.45, 7) is 0. The molecule has 0 saturated heterocycles. The first kappa shape index (κ1) is 9.93. The van der Waals surface area contributed by atoms with Gasteiger partial charge in [-0.2, -0.15) is 0 Å². The van der Waals surface area contributed by atoms with Crippen LogP contribution in [-0.2, 0) is 0 Å². The summed E-state index contributed by atoms with van der Waals surface area (Å²) in [6.07, 6.45) is 1.93. The highest BCUT2D eigenvalue weighted by atomic mass is 32.2. The maximum atomic E-state index is 13.5. The molecule has 0 saturated carbocycles. The number of rotatable bonds is 2. The van der Waals surface area contributed by atoms with Gasteiger partial charge in [0.15, 0.2) is 0 Å². The Morgan fingerprint density at radius 2 is 2.00 bits per heavy atom. The molecule has 2 heterocycles. The van der Waals surface area contributed by atoms with E-state index in [-0.39, 0.29) is 5.82 Å². The molecule has 80 valence electrons. The van der Waals surface area contributed by atoms with Crippen LogP contribution in [0.1, 0.15) is 0 Å². The molecule has 0 fully saturated rings. The number of aromatic amines is 1. The molecule has 1 N–H and O–H groups in total. The Morgan fingerprint density at radius 1 is 1.12 bits per heavy atom. The Hall–Kier alpha value is -1.26. The van der Waals surface area contributed by atoms with Crippen molar-refractivity contribution in [2.75, 3.05) is 0 Å². The lowest BCUT2D eigenvalue weighted by Gasteiger charge is -1.99. The number of benzene rings is 1. The van der Waals surface area contributed by atoms with Gasteiger partial charge in [0.2, 0.25) is 0 Å². The summed E-state index contributed by atoms with van der Waals surface area (Å²) >= 11 is 3.13. The number of thiophene rings is 1. The van der Waals surface area contributed by atoms with Crippen LogP contribution in [0.2, 0.25) is 0 Å². The molecule has 16 heavy (non-hydrogen) atoms. The van der Waals surface area contributed by atoms with E-state index in [4.69, 9.17) is 0 Å². The first-order valence-electron chi connectivity index (χ1n) is 4.81. The zero-order valence-electron chi connectivity index (χ0n) is 8.24. The molecule has 0 amide bonds. The highest BCUT2D eigenvalue weighted by Gasteiger charge is 2.08. The van der Waals surface area contributed by atoms with Crippen LogP contribution in [0.25, 0.3) is 10.2 Å². The highest BCUT2D eigenvalue weighted by Crippen LogP contribution is 2.37. The fourth-order valence-corrected chi connectivity index (χ4v) is 3.45. The van der Waals surface area contributed by atoms with Crippen molar-refractivity contribution in [3.05, 3.63) is 47.7 Å². The fourth-order valence-electron chi connectivity index (χ4n) is 1.54. The van der Waals surface area contributed by atoms with Crippen LogP contribution in [0, 0.1) is 5.82 Å². The summed E-state index contributed by atoms with van der Waals surface area (Å²) in [5, 5.41) is 2.03. The van der Waals surface area contributed by atoms with E-state index >= 15 is 0 Å². The topological polar surface area (TPSA) is 15.8 Å². The van der Waals surface area contributed by atoms with Gasteiger partial charge in [-0.25, -0.2) is 4.39 Å². The van der Waals surface area contributed by atoms with Crippen LogP contribution in [0.3, 0.4) is 0 Å². The van der Waals surface area contributed by atoms with Gasteiger partial charge in [-0.15, -0.1) is 11.3 Å². The molecule has 1 aromatic carbocycles. The third-order valence-corrected chi connectivity index (χ3v) is 4.47. The molecule has 3 rings (SSSR count). The number of hydrogen-bond donors (Lipinski definition) is 1. The Kier molecular flexibility index (Phi) is 2.46. The van der Waals surface area contributed by atoms with E-state index < -0.39 is 0 Å². The molecule has 4 heteroatoms. The second kappa shape index (κ2) is 3.96. The molecule has 3 aromatic rings. The lowest BCUT2D eigenvalue weighted by atomic mass is 10.3. The van der Waals surface area contributed by atoms with Crippen molar-refractivity contribution in [3.63, 3.8) is 0 Å². The zero-order valence-corrected chi connectivity index (χ0v) is 9.87. The highest BCUT2D eigenvalue weighted by molar-refractivity contribution is 7.99. The third kappa shape index (κ3) is 1.64. The van der Waals surface area contributed by atoms with E-state index in [0.29, 0.717) is 4.90 Å². The minimum atomic E-state index is -0.168. The average molecular weight is 249 g/mol. The first-order chi connectivity index (χ1) is 7.84. The monoisotopic (exact) mass is 249 g/mol. The minimum Gasteiger partial charge on any atom is -0.359 e. The van der Waals surface area contributed by atoms with Gasteiger partial charge >= 0.3 is 0 Å². The van der Waals surface area contributed by atoms with Gasteiger partial charge < -0.3 is 4.98 Å². The van der Waals surface area contributed by atoms with E-state index in [1.807, 2.05) is 23.7 Å². The van der Waals surface area contributed by atoms with Gasteiger partial charge in [0.1, 0.15) is 5.82 Å². The molecule has 0 bridgehead atoms. The molecular formula is C12H8FNS2. The number of fused-ring (bicyclic) bond motifs is 1. The van der Waals surface area contributed by atoms with E-state index in [1.165, 1.54) is 22.5 Å². The molecular weight excluding hydrogens is 241 g/mol. The van der Waals surface area contributed by atoms with E-state index in [1.54, 1.807) is 23.5 Å². The number of nitrogens with one attached hydrogen (secondary N) is 1. The lowest BCUT2D eigenvalue weighted by Crippen LogP contribution is -1.77. The molecule has 0 radical (unpaired) electrons. The fraction of sp³-hybridized carbons (Fsp3) is 0. The second-order valence-corrected chi connectivity index (χ2v) is 5.35. The van der Waals surface area contributed by atoms with Crippen LogP contribution in [0.5, 0.6) is 0 Å². The van der Waals surface area contributed by atoms with Gasteiger partial charge in [-0.05, 0) is 23.6 Å². The largest absolute Gasteiger partial charge is 0.359 e. The number of aromatic nitrogens is 1. The Bertz CT molecular complexity index is 627. The Morgan fingerprint density at radius 3 is 2.88 bits per heavy atom. The van der Waals surface area contributed by atoms with Crippen molar-refractivity contribution >= 4 is 33.3 Å². The molecule has 0 spiro atoms. The van der Waals surface area contributed by atoms with Crippen LogP contribution in [0.4, 0.5) is 4.39 Å². The van der Waals surface area contributed by atoms with Gasteiger partial charge in [-0.1, -0.05) is 23.9 Å². The van der Waals surface area contributed by atoms with E-state index in [2.05, 4.69) is 4.98 Å². The zero-order chi connectivity index (χ0) is 11.0.